The standard InChI is InChI=1S/C18H23N3O2S/c22-17-5-8-24-16-2-1-12(9-15(16)20-17)18(23)21-6-3-13-10-19-11-14(13)4-7-21/h1-2,9,13-14,19H,3-8,10-11H2,(H,20,22)/t13-,14+. The maximum Gasteiger partial charge on any atom is 0.253 e. The van der Waals surface area contributed by atoms with E-state index in [0.717, 1.165) is 55.4 Å². The molecule has 4 rings (SSSR count). The summed E-state index contributed by atoms with van der Waals surface area (Å²) >= 11 is 1.67. The number of hydrogen-bond acceptors (Lipinski definition) is 4. The second-order valence-corrected chi connectivity index (χ2v) is 8.04. The maximum atomic E-state index is 12.9. The largest absolute Gasteiger partial charge is 0.339 e. The first-order valence-corrected chi connectivity index (χ1v) is 9.76. The molecule has 6 heteroatoms. The molecule has 128 valence electrons. The number of fused-ring (bicyclic) bond motifs is 2. The molecule has 0 aliphatic carbocycles. The van der Waals surface area contributed by atoms with Gasteiger partial charge >= 0.3 is 0 Å². The predicted octanol–water partition coefficient (Wildman–Crippen LogP) is 2.19. The zero-order valence-electron chi connectivity index (χ0n) is 13.7. The highest BCUT2D eigenvalue weighted by Gasteiger charge is 2.31. The molecule has 0 saturated carbocycles. The van der Waals surface area contributed by atoms with E-state index in [4.69, 9.17) is 0 Å². The normalized spacial score (nSPS) is 26.8. The number of rotatable bonds is 1. The van der Waals surface area contributed by atoms with E-state index in [1.165, 1.54) is 0 Å². The average molecular weight is 345 g/mol. The summed E-state index contributed by atoms with van der Waals surface area (Å²) in [5.74, 6) is 2.33. The summed E-state index contributed by atoms with van der Waals surface area (Å²) in [5.41, 5.74) is 1.46. The number of thioether (sulfide) groups is 1. The van der Waals surface area contributed by atoms with E-state index in [9.17, 15) is 9.59 Å². The highest BCUT2D eigenvalue weighted by atomic mass is 32.2. The quantitative estimate of drug-likeness (QED) is 0.819. The van der Waals surface area contributed by atoms with Crippen LogP contribution in [-0.2, 0) is 4.79 Å². The predicted molar refractivity (Wildman–Crippen MR) is 95.4 cm³/mol. The number of nitrogens with zero attached hydrogens (tertiary/aromatic N) is 1. The van der Waals surface area contributed by atoms with Crippen molar-refractivity contribution < 1.29 is 9.59 Å². The molecule has 2 N–H and O–H groups in total. The molecule has 2 atom stereocenters. The lowest BCUT2D eigenvalue weighted by molar-refractivity contribution is -0.115. The Morgan fingerprint density at radius 1 is 1.17 bits per heavy atom. The molecule has 0 unspecified atom stereocenters. The van der Waals surface area contributed by atoms with E-state index >= 15 is 0 Å². The lowest BCUT2D eigenvalue weighted by Gasteiger charge is -2.21. The Hall–Kier alpha value is -1.53. The number of hydrogen-bond donors (Lipinski definition) is 2. The van der Waals surface area contributed by atoms with Gasteiger partial charge in [0.05, 0.1) is 5.69 Å². The fraction of sp³-hybridized carbons (Fsp3) is 0.556. The summed E-state index contributed by atoms with van der Waals surface area (Å²) in [6.07, 6.45) is 2.69. The molecular weight excluding hydrogens is 322 g/mol. The Morgan fingerprint density at radius 3 is 2.67 bits per heavy atom. The third-order valence-electron chi connectivity index (χ3n) is 5.39. The highest BCUT2D eigenvalue weighted by molar-refractivity contribution is 7.99. The van der Waals surface area contributed by atoms with Crippen LogP contribution in [0.15, 0.2) is 23.1 Å². The van der Waals surface area contributed by atoms with Crippen LogP contribution in [0.5, 0.6) is 0 Å². The van der Waals surface area contributed by atoms with Crippen LogP contribution in [0, 0.1) is 11.8 Å². The van der Waals surface area contributed by atoms with E-state index in [1.807, 2.05) is 23.1 Å². The zero-order valence-corrected chi connectivity index (χ0v) is 14.5. The van der Waals surface area contributed by atoms with Gasteiger partial charge in [0, 0.05) is 35.7 Å². The van der Waals surface area contributed by atoms with Gasteiger partial charge in [0.25, 0.3) is 5.91 Å². The SMILES string of the molecule is O=C1CCSc2ccc(C(=O)N3CC[C@@H]4CNC[C@@H]4CC3)cc2N1. The van der Waals surface area contributed by atoms with Crippen molar-refractivity contribution in [2.45, 2.75) is 24.2 Å². The van der Waals surface area contributed by atoms with Crippen molar-refractivity contribution in [1.29, 1.82) is 0 Å². The lowest BCUT2D eigenvalue weighted by Crippen LogP contribution is -2.32. The van der Waals surface area contributed by atoms with Crippen molar-refractivity contribution >= 4 is 29.3 Å². The minimum Gasteiger partial charge on any atom is -0.339 e. The van der Waals surface area contributed by atoms with Crippen LogP contribution in [0.1, 0.15) is 29.6 Å². The Labute approximate surface area is 146 Å². The zero-order chi connectivity index (χ0) is 16.5. The maximum absolute atomic E-state index is 12.9. The van der Waals surface area contributed by atoms with Crippen molar-refractivity contribution in [3.63, 3.8) is 0 Å². The molecule has 24 heavy (non-hydrogen) atoms. The van der Waals surface area contributed by atoms with E-state index in [1.54, 1.807) is 11.8 Å². The summed E-state index contributed by atoms with van der Waals surface area (Å²) in [4.78, 5) is 27.7. The fourth-order valence-electron chi connectivity index (χ4n) is 3.96. The Morgan fingerprint density at radius 2 is 1.92 bits per heavy atom. The first-order valence-electron chi connectivity index (χ1n) is 8.77. The van der Waals surface area contributed by atoms with Crippen LogP contribution >= 0.6 is 11.8 Å². The molecule has 0 radical (unpaired) electrons. The molecule has 0 bridgehead atoms. The van der Waals surface area contributed by atoms with Crippen LogP contribution in [0.2, 0.25) is 0 Å². The Balaban J connectivity index is 1.51. The van der Waals surface area contributed by atoms with Gasteiger partial charge in [0.2, 0.25) is 5.91 Å². The third-order valence-corrected chi connectivity index (χ3v) is 6.47. The van der Waals surface area contributed by atoms with Crippen LogP contribution in [0.4, 0.5) is 5.69 Å². The van der Waals surface area contributed by atoms with Gasteiger partial charge < -0.3 is 15.5 Å². The molecule has 3 aliphatic rings. The topological polar surface area (TPSA) is 61.4 Å². The van der Waals surface area contributed by atoms with Gasteiger partial charge in [-0.15, -0.1) is 11.8 Å². The third kappa shape index (κ3) is 3.17. The number of likely N-dealkylation sites (tertiary alicyclic amines) is 1. The first-order chi connectivity index (χ1) is 11.7. The number of nitrogens with one attached hydrogen (secondary N) is 2. The molecule has 2 saturated heterocycles. The van der Waals surface area contributed by atoms with Crippen LogP contribution in [-0.4, -0.2) is 48.6 Å². The van der Waals surface area contributed by atoms with Crippen LogP contribution in [0.25, 0.3) is 0 Å². The van der Waals surface area contributed by atoms with Gasteiger partial charge in [-0.05, 0) is 56.0 Å². The number of benzene rings is 1. The molecule has 1 aromatic rings. The van der Waals surface area contributed by atoms with Crippen molar-refractivity contribution in [3.8, 4) is 0 Å². The summed E-state index contributed by atoms with van der Waals surface area (Å²) in [5, 5.41) is 6.39. The smallest absolute Gasteiger partial charge is 0.253 e. The molecular formula is C18H23N3O2S. The highest BCUT2D eigenvalue weighted by Crippen LogP contribution is 2.32. The molecule has 0 aromatic heterocycles. The van der Waals surface area contributed by atoms with E-state index in [2.05, 4.69) is 10.6 Å². The molecule has 3 aliphatic heterocycles. The monoisotopic (exact) mass is 345 g/mol. The average Bonchev–Trinajstić information content (AvgIpc) is 2.82. The van der Waals surface area contributed by atoms with Crippen molar-refractivity contribution in [1.82, 2.24) is 10.2 Å². The summed E-state index contributed by atoms with van der Waals surface area (Å²) in [6.45, 7) is 3.85. The van der Waals surface area contributed by atoms with Crippen molar-refractivity contribution in [2.75, 3.05) is 37.2 Å². The second kappa shape index (κ2) is 6.76. The molecule has 3 heterocycles. The van der Waals surface area contributed by atoms with Gasteiger partial charge in [0.15, 0.2) is 0 Å². The summed E-state index contributed by atoms with van der Waals surface area (Å²) < 4.78 is 0. The van der Waals surface area contributed by atoms with Crippen molar-refractivity contribution in [2.24, 2.45) is 11.8 Å². The number of amides is 2. The van der Waals surface area contributed by atoms with Crippen molar-refractivity contribution in [3.05, 3.63) is 23.8 Å². The molecule has 5 nitrogen and oxygen atoms in total. The Kier molecular flexibility index (Phi) is 4.50. The number of carbonyl (C=O) groups is 2. The van der Waals surface area contributed by atoms with Crippen LogP contribution in [0.3, 0.4) is 0 Å². The first kappa shape index (κ1) is 16.0. The molecule has 0 spiro atoms. The Bertz CT molecular complexity index is 650. The number of carbonyl (C=O) groups excluding carboxylic acids is 2. The minimum atomic E-state index is 0.0287. The second-order valence-electron chi connectivity index (χ2n) is 6.91. The molecule has 2 fully saturated rings. The summed E-state index contributed by atoms with van der Waals surface area (Å²) in [6, 6.07) is 5.72. The van der Waals surface area contributed by atoms with E-state index in [0.29, 0.717) is 23.8 Å². The van der Waals surface area contributed by atoms with Gasteiger partial charge in [-0.2, -0.15) is 0 Å². The van der Waals surface area contributed by atoms with E-state index < -0.39 is 0 Å². The van der Waals surface area contributed by atoms with Gasteiger partial charge in [-0.3, -0.25) is 9.59 Å². The summed E-state index contributed by atoms with van der Waals surface area (Å²) in [7, 11) is 0. The van der Waals surface area contributed by atoms with E-state index in [-0.39, 0.29) is 11.8 Å². The number of anilines is 1. The minimum absolute atomic E-state index is 0.0287. The molecule has 2 amide bonds. The lowest BCUT2D eigenvalue weighted by atomic mass is 9.92. The molecule has 1 aromatic carbocycles. The van der Waals surface area contributed by atoms with Crippen LogP contribution < -0.4 is 10.6 Å². The van der Waals surface area contributed by atoms with Gasteiger partial charge in [-0.1, -0.05) is 0 Å². The van der Waals surface area contributed by atoms with Gasteiger partial charge in [-0.25, -0.2) is 0 Å². The fourth-order valence-corrected chi connectivity index (χ4v) is 4.89. The van der Waals surface area contributed by atoms with Gasteiger partial charge in [0.1, 0.15) is 0 Å².